The minimum atomic E-state index is -4.66. The second kappa shape index (κ2) is 12.1. The third-order valence-electron chi connectivity index (χ3n) is 8.60. The van der Waals surface area contributed by atoms with E-state index in [1.54, 1.807) is 27.3 Å². The van der Waals surface area contributed by atoms with Gasteiger partial charge < -0.3 is 4.74 Å². The first-order valence-electron chi connectivity index (χ1n) is 14.3. The zero-order chi connectivity index (χ0) is 32.9. The van der Waals surface area contributed by atoms with Crippen LogP contribution >= 0.6 is 11.3 Å². The largest absolute Gasteiger partial charge is 0.427 e. The maximum Gasteiger partial charge on any atom is 0.427 e. The molecule has 242 valence electrons. The van der Waals surface area contributed by atoms with Gasteiger partial charge in [0.15, 0.2) is 5.01 Å². The molecule has 2 aliphatic carbocycles. The summed E-state index contributed by atoms with van der Waals surface area (Å²) in [7, 11) is -1.71. The molecule has 1 saturated carbocycles. The number of ketones is 1. The molecule has 14 heteroatoms. The summed E-state index contributed by atoms with van der Waals surface area (Å²) in [6.45, 7) is 0.358. The van der Waals surface area contributed by atoms with Crippen LogP contribution in [0.4, 0.5) is 22.0 Å². The van der Waals surface area contributed by atoms with Gasteiger partial charge >= 0.3 is 6.18 Å². The maximum atomic E-state index is 14.5. The Hall–Kier alpha value is -3.72. The predicted octanol–water partition coefficient (Wildman–Crippen LogP) is 6.63. The third-order valence-corrected chi connectivity index (χ3v) is 11.9. The predicted molar refractivity (Wildman–Crippen MR) is 165 cm³/mol. The van der Waals surface area contributed by atoms with Crippen molar-refractivity contribution in [3.8, 4) is 5.69 Å². The Morgan fingerprint density at radius 3 is 2.43 bits per heavy atom. The molecular formula is C32H29F5N4O3S2. The van der Waals surface area contributed by atoms with Gasteiger partial charge in [-0.15, -0.1) is 11.3 Å². The number of methoxy groups -OCH3 is 1. The number of rotatable bonds is 9. The van der Waals surface area contributed by atoms with E-state index in [1.807, 2.05) is 6.08 Å². The van der Waals surface area contributed by atoms with Crippen molar-refractivity contribution >= 4 is 38.8 Å². The molecule has 0 spiro atoms. The number of allylic oxidation sites excluding steroid dienone is 1. The van der Waals surface area contributed by atoms with Crippen LogP contribution in [-0.4, -0.2) is 61.2 Å². The van der Waals surface area contributed by atoms with Crippen LogP contribution in [0.1, 0.15) is 45.2 Å². The fourth-order valence-electron chi connectivity index (χ4n) is 6.37. The molecule has 0 radical (unpaired) electrons. The summed E-state index contributed by atoms with van der Waals surface area (Å²) in [5.74, 6) is 2.57. The van der Waals surface area contributed by atoms with E-state index in [2.05, 4.69) is 16.0 Å². The smallest absolute Gasteiger partial charge is 0.383 e. The molecule has 46 heavy (non-hydrogen) atoms. The Balaban J connectivity index is 1.44. The molecule has 1 fully saturated rings. The van der Waals surface area contributed by atoms with Gasteiger partial charge in [0.25, 0.3) is 0 Å². The number of hydrogen-bond donors (Lipinski definition) is 0. The summed E-state index contributed by atoms with van der Waals surface area (Å²) >= 11 is 0.297. The molecule has 0 bridgehead atoms. The van der Waals surface area contributed by atoms with Gasteiger partial charge in [-0.2, -0.15) is 18.3 Å². The van der Waals surface area contributed by atoms with Crippen LogP contribution in [0.2, 0.25) is 0 Å². The van der Waals surface area contributed by atoms with Crippen LogP contribution in [-0.2, 0) is 27.0 Å². The lowest BCUT2D eigenvalue weighted by Crippen LogP contribution is -2.51. The lowest BCUT2D eigenvalue weighted by atomic mass is 9.61. The number of nitrogens with zero attached hydrogens (tertiary/aromatic N) is 4. The first kappa shape index (κ1) is 32.2. The van der Waals surface area contributed by atoms with Crippen molar-refractivity contribution in [1.82, 2.24) is 19.1 Å². The van der Waals surface area contributed by atoms with E-state index in [-0.39, 0.29) is 31.0 Å². The molecule has 2 aromatic carbocycles. The standard InChI is InChI=1S/C32H29F5N4O3S2/c1-44-14-13-40(46(2,43)26-11-6-23(34)7-12-26)25-8-3-21-15-27-20(18-39-41(27)24-9-4-22(33)5-10-24)16-31(21,17-25)29(42)30-38-19-28(45-30)32(35,36)37/h4-7,9-12,15,18-19,25H,2-3,8,13-14,16-17H2,1H3/t25-,31-,46?/m0/s1. The highest BCUT2D eigenvalue weighted by Gasteiger charge is 2.52. The molecule has 3 atom stereocenters. The zero-order valence-electron chi connectivity index (χ0n) is 24.6. The number of fused-ring (bicyclic) bond motifs is 2. The minimum Gasteiger partial charge on any atom is -0.383 e. The van der Waals surface area contributed by atoms with Gasteiger partial charge in [0.2, 0.25) is 5.78 Å². The average molecular weight is 677 g/mol. The van der Waals surface area contributed by atoms with E-state index < -0.39 is 49.6 Å². The van der Waals surface area contributed by atoms with Crippen LogP contribution < -0.4 is 0 Å². The van der Waals surface area contributed by atoms with Crippen LogP contribution in [0.25, 0.3) is 11.8 Å². The second-order valence-corrected chi connectivity index (χ2v) is 14.6. The van der Waals surface area contributed by atoms with Crippen LogP contribution in [0.3, 0.4) is 0 Å². The number of halogens is 5. The number of Topliss-reactive ketones (excluding diaryl/α,β-unsaturated/α-hetero) is 1. The normalized spacial score (nSPS) is 20.9. The van der Waals surface area contributed by atoms with E-state index in [0.29, 0.717) is 57.8 Å². The highest BCUT2D eigenvalue weighted by Crippen LogP contribution is 2.52. The number of carbonyl (C=O) groups is 1. The average Bonchev–Trinajstić information content (AvgIpc) is 3.68. The third kappa shape index (κ3) is 5.83. The Morgan fingerprint density at radius 1 is 1.13 bits per heavy atom. The van der Waals surface area contributed by atoms with Gasteiger partial charge in [0.05, 0.1) is 45.5 Å². The maximum absolute atomic E-state index is 14.5. The van der Waals surface area contributed by atoms with Crippen molar-refractivity contribution in [3.05, 3.63) is 99.3 Å². The zero-order valence-corrected chi connectivity index (χ0v) is 26.2. The van der Waals surface area contributed by atoms with Crippen LogP contribution in [0.15, 0.2) is 71.4 Å². The van der Waals surface area contributed by atoms with Crippen molar-refractivity contribution in [1.29, 1.82) is 0 Å². The van der Waals surface area contributed by atoms with Crippen LogP contribution in [0.5, 0.6) is 0 Å². The summed E-state index contributed by atoms with van der Waals surface area (Å²) in [6.07, 6.45) is 0.455. The van der Waals surface area contributed by atoms with E-state index >= 15 is 0 Å². The molecule has 7 nitrogen and oxygen atoms in total. The number of ether oxygens (including phenoxy) is 1. The Morgan fingerprint density at radius 2 is 1.80 bits per heavy atom. The van der Waals surface area contributed by atoms with Crippen molar-refractivity contribution in [2.75, 3.05) is 20.3 Å². The van der Waals surface area contributed by atoms with Crippen molar-refractivity contribution in [2.24, 2.45) is 5.41 Å². The first-order valence-corrected chi connectivity index (χ1v) is 16.8. The van der Waals surface area contributed by atoms with E-state index in [0.717, 1.165) is 0 Å². The molecule has 6 rings (SSSR count). The van der Waals surface area contributed by atoms with Gasteiger partial charge in [-0.3, -0.25) is 4.79 Å². The molecule has 0 N–H and O–H groups in total. The second-order valence-electron chi connectivity index (χ2n) is 11.4. The number of benzene rings is 2. The molecular weight excluding hydrogens is 648 g/mol. The lowest BCUT2D eigenvalue weighted by Gasteiger charge is -2.47. The molecule has 2 heterocycles. The number of hydrogen-bond acceptors (Lipinski definition) is 6. The van der Waals surface area contributed by atoms with E-state index in [9.17, 15) is 31.0 Å². The van der Waals surface area contributed by atoms with E-state index in [4.69, 9.17) is 4.74 Å². The molecule has 4 aromatic rings. The van der Waals surface area contributed by atoms with E-state index in [1.165, 1.54) is 43.5 Å². The molecule has 0 aliphatic heterocycles. The Kier molecular flexibility index (Phi) is 8.51. The van der Waals surface area contributed by atoms with Crippen LogP contribution in [0, 0.1) is 17.0 Å². The summed E-state index contributed by atoms with van der Waals surface area (Å²) in [5.41, 5.74) is 1.33. The molecule has 2 aromatic heterocycles. The summed E-state index contributed by atoms with van der Waals surface area (Å²) in [5, 5.41) is 4.23. The van der Waals surface area contributed by atoms with Gasteiger partial charge in [-0.25, -0.2) is 27.0 Å². The van der Waals surface area contributed by atoms with Gasteiger partial charge in [0.1, 0.15) is 16.5 Å². The monoisotopic (exact) mass is 676 g/mol. The number of alkyl halides is 3. The number of thiazole rings is 1. The molecule has 1 unspecified atom stereocenters. The quantitative estimate of drug-likeness (QED) is 0.113. The first-order chi connectivity index (χ1) is 21.8. The minimum absolute atomic E-state index is 0.108. The van der Waals surface area contributed by atoms with Crippen molar-refractivity contribution in [3.63, 3.8) is 0 Å². The topological polar surface area (TPSA) is 77.3 Å². The molecule has 2 aliphatic rings. The number of carbonyl (C=O) groups excluding carboxylic acids is 1. The Bertz CT molecular complexity index is 1900. The lowest BCUT2D eigenvalue weighted by molar-refractivity contribution is -0.134. The summed E-state index contributed by atoms with van der Waals surface area (Å²) in [6, 6.07) is 10.5. The summed E-state index contributed by atoms with van der Waals surface area (Å²) in [4.78, 5) is 17.7. The molecule has 0 amide bonds. The van der Waals surface area contributed by atoms with Crippen molar-refractivity contribution in [2.45, 2.75) is 42.8 Å². The SMILES string of the molecule is C=S(=O)(c1ccc(F)cc1)N(CCOC)[C@H]1CCC2=Cc3c(cnn3-c3ccc(F)cc3)C[C@]2(C(=O)c2ncc(C(F)(F)F)s2)C1. The highest BCUT2D eigenvalue weighted by atomic mass is 32.2. The summed E-state index contributed by atoms with van der Waals surface area (Å²) < 4.78 is 91.1. The Labute approximate surface area is 266 Å². The highest BCUT2D eigenvalue weighted by molar-refractivity contribution is 7.98. The molecule has 0 saturated heterocycles. The van der Waals surface area contributed by atoms with Gasteiger partial charge in [0, 0.05) is 24.6 Å². The van der Waals surface area contributed by atoms with Crippen molar-refractivity contribution < 1.29 is 35.7 Å². The fourth-order valence-corrected chi connectivity index (χ4v) is 9.05. The number of aromatic nitrogens is 3. The van der Waals surface area contributed by atoms with Gasteiger partial charge in [-0.1, -0.05) is 5.57 Å². The fraction of sp³-hybridized carbons (Fsp3) is 0.312. The van der Waals surface area contributed by atoms with Gasteiger partial charge in [-0.05, 0) is 91.7 Å².